The predicted octanol–water partition coefficient (Wildman–Crippen LogP) is 3.55. The average Bonchev–Trinajstić information content (AvgIpc) is 3.37. The van der Waals surface area contributed by atoms with Gasteiger partial charge >= 0.3 is 5.97 Å². The Morgan fingerprint density at radius 1 is 1.20 bits per heavy atom. The van der Waals surface area contributed by atoms with E-state index in [0.29, 0.717) is 17.3 Å². The molecule has 1 aliphatic rings. The number of benzene rings is 1. The summed E-state index contributed by atoms with van der Waals surface area (Å²) in [4.78, 5) is 18.2. The fraction of sp³-hybridized carbons (Fsp3) is 0.227. The molecule has 1 aromatic carbocycles. The van der Waals surface area contributed by atoms with Gasteiger partial charge in [-0.2, -0.15) is 0 Å². The molecule has 1 saturated heterocycles. The SMILES string of the molecule is COC(=O)CCN1C(=S)N[C@H](c2ccccn2)[C@@H]1c1cccn1-c1ccccc1F. The number of carbonyl (C=O) groups is 1. The second-order valence-electron chi connectivity index (χ2n) is 6.90. The molecular weight excluding hydrogens is 403 g/mol. The van der Waals surface area contributed by atoms with Gasteiger partial charge in [0.2, 0.25) is 0 Å². The normalized spacial score (nSPS) is 18.3. The van der Waals surface area contributed by atoms with Crippen LogP contribution in [-0.2, 0) is 9.53 Å². The number of ether oxygens (including phenoxy) is 1. The van der Waals surface area contributed by atoms with Crippen molar-refractivity contribution in [3.63, 3.8) is 0 Å². The number of para-hydroxylation sites is 1. The first-order valence-electron chi connectivity index (χ1n) is 9.57. The molecule has 2 aromatic heterocycles. The summed E-state index contributed by atoms with van der Waals surface area (Å²) in [7, 11) is 1.36. The molecule has 1 aliphatic heterocycles. The van der Waals surface area contributed by atoms with Crippen molar-refractivity contribution < 1.29 is 13.9 Å². The van der Waals surface area contributed by atoms with Crippen molar-refractivity contribution in [1.29, 1.82) is 0 Å². The van der Waals surface area contributed by atoms with E-state index in [0.717, 1.165) is 11.4 Å². The number of pyridine rings is 1. The molecule has 8 heteroatoms. The summed E-state index contributed by atoms with van der Waals surface area (Å²) in [5, 5.41) is 3.84. The molecule has 0 bridgehead atoms. The van der Waals surface area contributed by atoms with Gasteiger partial charge in [0.1, 0.15) is 5.82 Å². The highest BCUT2D eigenvalue weighted by Crippen LogP contribution is 2.39. The number of carbonyl (C=O) groups excluding carboxylic acids is 1. The van der Waals surface area contributed by atoms with Crippen LogP contribution in [0.25, 0.3) is 5.69 Å². The van der Waals surface area contributed by atoms with Gasteiger partial charge in [-0.1, -0.05) is 18.2 Å². The predicted molar refractivity (Wildman–Crippen MR) is 115 cm³/mol. The number of hydrogen-bond acceptors (Lipinski definition) is 4. The average molecular weight is 425 g/mol. The lowest BCUT2D eigenvalue weighted by Gasteiger charge is -2.28. The summed E-state index contributed by atoms with van der Waals surface area (Å²) in [6.07, 6.45) is 3.73. The highest BCUT2D eigenvalue weighted by molar-refractivity contribution is 7.80. The summed E-state index contributed by atoms with van der Waals surface area (Å²) >= 11 is 5.59. The number of nitrogens with zero attached hydrogens (tertiary/aromatic N) is 3. The number of thiocarbonyl (C=S) groups is 1. The van der Waals surface area contributed by atoms with Crippen LogP contribution >= 0.6 is 12.2 Å². The smallest absolute Gasteiger partial charge is 0.307 e. The van der Waals surface area contributed by atoms with Gasteiger partial charge in [-0.05, 0) is 48.6 Å². The molecule has 0 aliphatic carbocycles. The van der Waals surface area contributed by atoms with Crippen LogP contribution in [0.15, 0.2) is 67.0 Å². The standard InChI is InChI=1S/C22H21FN4O2S/c1-29-19(28)11-14-27-21(20(25-22(27)30)16-8-4-5-12-24-16)18-10-6-13-26(18)17-9-3-2-7-15(17)23/h2-10,12-13,20-21H,11,14H2,1H3,(H,25,30)/t20-,21+/m1/s1. The quantitative estimate of drug-likeness (QED) is 0.483. The molecule has 154 valence electrons. The molecule has 6 nitrogen and oxygen atoms in total. The highest BCUT2D eigenvalue weighted by atomic mass is 32.1. The zero-order valence-corrected chi connectivity index (χ0v) is 17.2. The van der Waals surface area contributed by atoms with E-state index in [1.54, 1.807) is 24.4 Å². The lowest BCUT2D eigenvalue weighted by atomic mass is 10.0. The third-order valence-corrected chi connectivity index (χ3v) is 5.53. The number of halogens is 1. The first-order valence-corrected chi connectivity index (χ1v) is 9.98. The van der Waals surface area contributed by atoms with Crippen LogP contribution in [-0.4, -0.2) is 39.2 Å². The van der Waals surface area contributed by atoms with Gasteiger partial charge in [-0.15, -0.1) is 0 Å². The largest absolute Gasteiger partial charge is 0.469 e. The van der Waals surface area contributed by atoms with Crippen molar-refractivity contribution in [2.45, 2.75) is 18.5 Å². The number of nitrogens with one attached hydrogen (secondary N) is 1. The molecule has 0 spiro atoms. The Labute approximate surface area is 179 Å². The van der Waals surface area contributed by atoms with Crippen LogP contribution in [0.2, 0.25) is 0 Å². The van der Waals surface area contributed by atoms with E-state index >= 15 is 0 Å². The molecule has 30 heavy (non-hydrogen) atoms. The fourth-order valence-corrected chi connectivity index (χ4v) is 4.12. The first kappa shape index (κ1) is 20.0. The fourth-order valence-electron chi connectivity index (χ4n) is 3.78. The second kappa shape index (κ2) is 8.62. The second-order valence-corrected chi connectivity index (χ2v) is 7.29. The van der Waals surface area contributed by atoms with E-state index in [1.165, 1.54) is 13.2 Å². The van der Waals surface area contributed by atoms with Gasteiger partial charge < -0.3 is 19.5 Å². The van der Waals surface area contributed by atoms with Gasteiger partial charge in [0, 0.05) is 24.6 Å². The molecule has 3 aromatic rings. The van der Waals surface area contributed by atoms with Crippen molar-refractivity contribution in [2.75, 3.05) is 13.7 Å². The van der Waals surface area contributed by atoms with Gasteiger partial charge in [-0.25, -0.2) is 4.39 Å². The first-order chi connectivity index (χ1) is 14.6. The summed E-state index contributed by atoms with van der Waals surface area (Å²) < 4.78 is 21.2. The molecule has 3 heterocycles. The van der Waals surface area contributed by atoms with Gasteiger partial charge in [0.25, 0.3) is 0 Å². The molecule has 4 rings (SSSR count). The number of aromatic nitrogens is 2. The minimum absolute atomic E-state index is 0.185. The highest BCUT2D eigenvalue weighted by Gasteiger charge is 2.41. The molecule has 1 fully saturated rings. The van der Waals surface area contributed by atoms with Crippen molar-refractivity contribution in [3.8, 4) is 5.69 Å². The lowest BCUT2D eigenvalue weighted by molar-refractivity contribution is -0.140. The molecule has 0 unspecified atom stereocenters. The number of rotatable bonds is 6. The van der Waals surface area contributed by atoms with Crippen LogP contribution in [0.4, 0.5) is 4.39 Å². The van der Waals surface area contributed by atoms with Crippen molar-refractivity contribution in [1.82, 2.24) is 19.8 Å². The Bertz CT molecular complexity index is 1060. The topological polar surface area (TPSA) is 59.4 Å². The van der Waals surface area contributed by atoms with Crippen LogP contribution < -0.4 is 5.32 Å². The van der Waals surface area contributed by atoms with E-state index < -0.39 is 0 Å². The minimum atomic E-state index is -0.320. The molecule has 2 atom stereocenters. The number of esters is 1. The van der Waals surface area contributed by atoms with Crippen LogP contribution in [0.5, 0.6) is 0 Å². The number of methoxy groups -OCH3 is 1. The number of hydrogen-bond donors (Lipinski definition) is 1. The van der Waals surface area contributed by atoms with Gasteiger partial charge in [0.05, 0.1) is 37.0 Å². The van der Waals surface area contributed by atoms with E-state index in [4.69, 9.17) is 17.0 Å². The third kappa shape index (κ3) is 3.78. The summed E-state index contributed by atoms with van der Waals surface area (Å²) in [5.74, 6) is -0.638. The van der Waals surface area contributed by atoms with E-state index in [2.05, 4.69) is 10.3 Å². The lowest BCUT2D eigenvalue weighted by Crippen LogP contribution is -2.32. The van der Waals surface area contributed by atoms with Crippen molar-refractivity contribution in [3.05, 3.63) is 84.2 Å². The zero-order valence-electron chi connectivity index (χ0n) is 16.4. The van der Waals surface area contributed by atoms with Crippen LogP contribution in [0.1, 0.15) is 29.9 Å². The zero-order chi connectivity index (χ0) is 21.1. The van der Waals surface area contributed by atoms with Crippen LogP contribution in [0, 0.1) is 5.82 Å². The Kier molecular flexibility index (Phi) is 5.76. The minimum Gasteiger partial charge on any atom is -0.469 e. The summed E-state index contributed by atoms with van der Waals surface area (Å²) in [6.45, 7) is 0.370. The molecule has 0 radical (unpaired) electrons. The Balaban J connectivity index is 1.78. The molecule has 0 amide bonds. The van der Waals surface area contributed by atoms with Crippen LogP contribution in [0.3, 0.4) is 0 Å². The van der Waals surface area contributed by atoms with Gasteiger partial charge in [-0.3, -0.25) is 9.78 Å². The summed E-state index contributed by atoms with van der Waals surface area (Å²) in [5.41, 5.74) is 2.10. The van der Waals surface area contributed by atoms with Crippen molar-refractivity contribution >= 4 is 23.3 Å². The maximum atomic E-state index is 14.6. The maximum Gasteiger partial charge on any atom is 0.307 e. The Hall–Kier alpha value is -3.26. The maximum absolute atomic E-state index is 14.6. The van der Waals surface area contributed by atoms with E-state index in [-0.39, 0.29) is 30.3 Å². The Morgan fingerprint density at radius 3 is 2.73 bits per heavy atom. The molecule has 1 N–H and O–H groups in total. The van der Waals surface area contributed by atoms with E-state index in [1.807, 2.05) is 46.0 Å². The Morgan fingerprint density at radius 2 is 2.00 bits per heavy atom. The van der Waals surface area contributed by atoms with E-state index in [9.17, 15) is 9.18 Å². The summed E-state index contributed by atoms with van der Waals surface area (Å²) in [6, 6.07) is 15.6. The monoisotopic (exact) mass is 424 g/mol. The van der Waals surface area contributed by atoms with Crippen molar-refractivity contribution in [2.24, 2.45) is 0 Å². The third-order valence-electron chi connectivity index (χ3n) is 5.18. The molecule has 0 saturated carbocycles. The van der Waals surface area contributed by atoms with Gasteiger partial charge in [0.15, 0.2) is 5.11 Å². The molecular formula is C22H21FN4O2S.